The molecule has 2 atom stereocenters. The minimum atomic E-state index is -4.14. The molecule has 1 fully saturated rings. The van der Waals surface area contributed by atoms with E-state index in [9.17, 15) is 28.7 Å². The highest BCUT2D eigenvalue weighted by atomic mass is 32.2. The monoisotopic (exact) mass is 318 g/mol. The second-order valence-electron chi connectivity index (χ2n) is 4.54. The number of nitrogens with two attached hydrogens (primary N) is 1. The lowest BCUT2D eigenvalue weighted by molar-refractivity contribution is -0.385. The number of nitro benzene ring substituents is 1. The first-order valence-corrected chi connectivity index (χ1v) is 7.32. The highest BCUT2D eigenvalue weighted by molar-refractivity contribution is 7.89. The van der Waals surface area contributed by atoms with Crippen LogP contribution in [0.1, 0.15) is 0 Å². The Balaban J connectivity index is 2.48. The molecule has 5 N–H and O–H groups in total. The molecule has 1 saturated heterocycles. The summed E-state index contributed by atoms with van der Waals surface area (Å²) < 4.78 is 25.8. The topological polar surface area (TPSA) is 159 Å². The lowest BCUT2D eigenvalue weighted by atomic mass is 10.3. The third-order valence-corrected chi connectivity index (χ3v) is 5.05. The van der Waals surface area contributed by atoms with Gasteiger partial charge in [-0.25, -0.2) is 8.42 Å². The molecule has 2 unspecified atom stereocenters. The molecule has 0 saturated carbocycles. The number of hydrogen-bond acceptors (Lipinski definition) is 8. The first-order valence-electron chi connectivity index (χ1n) is 5.88. The summed E-state index contributed by atoms with van der Waals surface area (Å²) in [6.07, 6.45) is -2.40. The van der Waals surface area contributed by atoms with Crippen molar-refractivity contribution in [1.82, 2.24) is 4.31 Å². The molecule has 1 aromatic rings. The van der Waals surface area contributed by atoms with Gasteiger partial charge >= 0.3 is 0 Å². The van der Waals surface area contributed by atoms with E-state index < -0.39 is 32.8 Å². The van der Waals surface area contributed by atoms with Crippen LogP contribution in [-0.4, -0.2) is 53.2 Å². The van der Waals surface area contributed by atoms with Crippen molar-refractivity contribution in [2.45, 2.75) is 17.1 Å². The summed E-state index contributed by atoms with van der Waals surface area (Å²) in [5, 5.41) is 29.7. The van der Waals surface area contributed by atoms with Crippen LogP contribution in [0.15, 0.2) is 23.1 Å². The van der Waals surface area contributed by atoms with Gasteiger partial charge in [-0.05, 0) is 6.07 Å². The number of non-ortho nitro benzene ring substituents is 1. The van der Waals surface area contributed by atoms with Gasteiger partial charge < -0.3 is 15.6 Å². The Hall–Kier alpha value is -1.79. The third-order valence-electron chi connectivity index (χ3n) is 3.17. The molecule has 116 valence electrons. The molecule has 2 rings (SSSR count). The van der Waals surface area contributed by atoms with Crippen LogP contribution in [0.25, 0.3) is 0 Å². The van der Waals surface area contributed by atoms with Crippen LogP contribution in [0.2, 0.25) is 0 Å². The van der Waals surface area contributed by atoms with Crippen molar-refractivity contribution in [2.24, 2.45) is 5.84 Å². The molecule has 1 aliphatic rings. The number of nitro groups is 1. The summed E-state index contributed by atoms with van der Waals surface area (Å²) in [7, 11) is -4.14. The van der Waals surface area contributed by atoms with E-state index in [0.29, 0.717) is 0 Å². The zero-order chi connectivity index (χ0) is 15.8. The maximum absolute atomic E-state index is 12.5. The zero-order valence-electron chi connectivity index (χ0n) is 10.7. The van der Waals surface area contributed by atoms with Gasteiger partial charge in [-0.15, -0.1) is 0 Å². The molecule has 0 spiro atoms. The normalized spacial score (nSPS) is 23.2. The molecule has 0 aromatic heterocycles. The fraction of sp³-hybridized carbons (Fsp3) is 0.400. The highest BCUT2D eigenvalue weighted by Crippen LogP contribution is 2.30. The van der Waals surface area contributed by atoms with E-state index in [-0.39, 0.29) is 23.7 Å². The number of hydrogen-bond donors (Lipinski definition) is 4. The number of sulfonamides is 1. The van der Waals surface area contributed by atoms with E-state index in [2.05, 4.69) is 5.43 Å². The predicted octanol–water partition coefficient (Wildman–Crippen LogP) is -1.39. The quantitative estimate of drug-likeness (QED) is 0.300. The largest absolute Gasteiger partial charge is 0.389 e. The van der Waals surface area contributed by atoms with Crippen LogP contribution in [0, 0.1) is 10.1 Å². The highest BCUT2D eigenvalue weighted by Gasteiger charge is 2.39. The second-order valence-corrected chi connectivity index (χ2v) is 6.44. The van der Waals surface area contributed by atoms with E-state index in [1.54, 1.807) is 0 Å². The van der Waals surface area contributed by atoms with Gasteiger partial charge in [0.25, 0.3) is 5.69 Å². The number of nitrogen functional groups attached to an aromatic ring is 1. The van der Waals surface area contributed by atoms with Gasteiger partial charge in [0.1, 0.15) is 4.90 Å². The average Bonchev–Trinajstić information content (AvgIpc) is 2.78. The van der Waals surface area contributed by atoms with Crippen LogP contribution >= 0.6 is 0 Å². The maximum atomic E-state index is 12.5. The molecule has 0 radical (unpaired) electrons. The SMILES string of the molecule is NNc1ccc([N+](=O)[O-])cc1S(=O)(=O)N1CC(O)C(O)C1. The van der Waals surface area contributed by atoms with Crippen molar-refractivity contribution in [3.63, 3.8) is 0 Å². The van der Waals surface area contributed by atoms with Crippen molar-refractivity contribution in [3.05, 3.63) is 28.3 Å². The Labute approximate surface area is 120 Å². The lowest BCUT2D eigenvalue weighted by Crippen LogP contribution is -2.31. The van der Waals surface area contributed by atoms with E-state index in [1.807, 2.05) is 0 Å². The van der Waals surface area contributed by atoms with Gasteiger partial charge in [0.2, 0.25) is 10.0 Å². The van der Waals surface area contributed by atoms with Crippen LogP contribution in [0.5, 0.6) is 0 Å². The van der Waals surface area contributed by atoms with Gasteiger partial charge in [-0.3, -0.25) is 16.0 Å². The van der Waals surface area contributed by atoms with Gasteiger partial charge in [-0.1, -0.05) is 0 Å². The third kappa shape index (κ3) is 2.82. The smallest absolute Gasteiger partial charge is 0.270 e. The summed E-state index contributed by atoms with van der Waals surface area (Å²) >= 11 is 0. The van der Waals surface area contributed by atoms with Crippen LogP contribution in [0.3, 0.4) is 0 Å². The molecule has 1 heterocycles. The Morgan fingerprint density at radius 1 is 1.33 bits per heavy atom. The molecule has 0 bridgehead atoms. The summed E-state index contributed by atoms with van der Waals surface area (Å²) in [6, 6.07) is 3.16. The lowest BCUT2D eigenvalue weighted by Gasteiger charge is -2.17. The van der Waals surface area contributed by atoms with E-state index in [0.717, 1.165) is 16.4 Å². The number of aliphatic hydroxyl groups is 2. The van der Waals surface area contributed by atoms with E-state index in [1.165, 1.54) is 6.07 Å². The van der Waals surface area contributed by atoms with Gasteiger partial charge in [0, 0.05) is 25.2 Å². The summed E-state index contributed by atoms with van der Waals surface area (Å²) in [5.74, 6) is 5.23. The molecule has 1 aromatic carbocycles. The fourth-order valence-electron chi connectivity index (χ4n) is 2.03. The minimum Gasteiger partial charge on any atom is -0.389 e. The van der Waals surface area contributed by atoms with Crippen molar-refractivity contribution in [3.8, 4) is 0 Å². The first kappa shape index (κ1) is 15.6. The number of rotatable bonds is 4. The maximum Gasteiger partial charge on any atom is 0.270 e. The van der Waals surface area contributed by atoms with E-state index in [4.69, 9.17) is 5.84 Å². The standard InChI is InChI=1S/C10H14N4O6S/c11-12-7-2-1-6(14(17)18)3-10(7)21(19,20)13-4-8(15)9(16)5-13/h1-3,8-9,12,15-16H,4-5,11H2. The van der Waals surface area contributed by atoms with Crippen LogP contribution in [0.4, 0.5) is 11.4 Å². The Bertz CT molecular complexity index is 654. The van der Waals surface area contributed by atoms with Crippen molar-refractivity contribution >= 4 is 21.4 Å². The molecular formula is C10H14N4O6S. The molecule has 1 aliphatic heterocycles. The van der Waals surface area contributed by atoms with Crippen molar-refractivity contribution in [2.75, 3.05) is 18.5 Å². The first-order chi connectivity index (χ1) is 9.77. The van der Waals surface area contributed by atoms with E-state index >= 15 is 0 Å². The molecular weight excluding hydrogens is 304 g/mol. The number of β-amino-alcohol motifs (C(OH)–C–C–N with tert-alkyl or cyclic N) is 2. The molecule has 0 aliphatic carbocycles. The van der Waals surface area contributed by atoms with Gasteiger partial charge in [-0.2, -0.15) is 4.31 Å². The number of nitrogens with one attached hydrogen (secondary N) is 1. The minimum absolute atomic E-state index is 0.0171. The molecule has 21 heavy (non-hydrogen) atoms. The van der Waals surface area contributed by atoms with Crippen LogP contribution < -0.4 is 11.3 Å². The summed E-state index contributed by atoms with van der Waals surface area (Å²) in [5.41, 5.74) is 1.73. The predicted molar refractivity (Wildman–Crippen MR) is 71.7 cm³/mol. The molecule has 0 amide bonds. The molecule has 10 nitrogen and oxygen atoms in total. The second kappa shape index (κ2) is 5.54. The van der Waals surface area contributed by atoms with Gasteiger partial charge in [0.15, 0.2) is 0 Å². The average molecular weight is 318 g/mol. The Morgan fingerprint density at radius 2 is 1.90 bits per heavy atom. The van der Waals surface area contributed by atoms with Crippen LogP contribution in [-0.2, 0) is 10.0 Å². The zero-order valence-corrected chi connectivity index (χ0v) is 11.5. The Morgan fingerprint density at radius 3 is 2.38 bits per heavy atom. The number of nitrogens with zero attached hydrogens (tertiary/aromatic N) is 2. The summed E-state index contributed by atoms with van der Waals surface area (Å²) in [6.45, 7) is -0.591. The number of anilines is 1. The van der Waals surface area contributed by atoms with Crippen molar-refractivity contribution in [1.29, 1.82) is 0 Å². The number of hydrazine groups is 1. The fourth-order valence-corrected chi connectivity index (χ4v) is 3.68. The number of benzene rings is 1. The van der Waals surface area contributed by atoms with Gasteiger partial charge in [0.05, 0.1) is 22.8 Å². The Kier molecular flexibility index (Phi) is 4.11. The van der Waals surface area contributed by atoms with Crippen molar-refractivity contribution < 1.29 is 23.6 Å². The molecule has 11 heteroatoms. The summed E-state index contributed by atoms with van der Waals surface area (Å²) in [4.78, 5) is 9.65. The number of aliphatic hydroxyl groups excluding tert-OH is 2.